The third-order valence-electron chi connectivity index (χ3n) is 2.36. The van der Waals surface area contributed by atoms with Crippen LogP contribution in [0.5, 0.6) is 0 Å². The number of pyridine rings is 1. The number of aromatic nitrogens is 1. The molecule has 0 aliphatic carbocycles. The molecule has 104 valence electrons. The lowest BCUT2D eigenvalue weighted by Gasteiger charge is -2.10. The molecular weight excluding hydrogens is 289 g/mol. The van der Waals surface area contributed by atoms with Gasteiger partial charge in [0.15, 0.2) is 0 Å². The number of hydrogen-bond donors (Lipinski definition) is 1. The summed E-state index contributed by atoms with van der Waals surface area (Å²) in [7, 11) is 0. The molecule has 0 bridgehead atoms. The summed E-state index contributed by atoms with van der Waals surface area (Å²) in [6.45, 7) is 0. The van der Waals surface area contributed by atoms with Gasteiger partial charge in [0, 0.05) is 11.1 Å². The average molecular weight is 298 g/mol. The number of thioether (sulfide) groups is 1. The van der Waals surface area contributed by atoms with Crippen LogP contribution in [-0.2, 0) is 0 Å². The molecule has 2 rings (SSSR count). The van der Waals surface area contributed by atoms with E-state index < -0.39 is 17.6 Å². The predicted octanol–water partition coefficient (Wildman–Crippen LogP) is 3.79. The maximum atomic E-state index is 13.4. The molecule has 2 aromatic rings. The Hall–Kier alpha value is -2.02. The second kappa shape index (κ2) is 6.42. The molecular formula is C13H9F3N2OS. The number of benzene rings is 1. The fourth-order valence-corrected chi connectivity index (χ4v) is 2.11. The van der Waals surface area contributed by atoms with Crippen LogP contribution in [0.15, 0.2) is 47.5 Å². The molecule has 1 heterocycles. The molecule has 0 radical (unpaired) electrons. The summed E-state index contributed by atoms with van der Waals surface area (Å²) in [6.07, 6.45) is 1.21. The lowest BCUT2D eigenvalue weighted by atomic mass is 10.2. The summed E-state index contributed by atoms with van der Waals surface area (Å²) in [4.78, 5) is 15.5. The summed E-state index contributed by atoms with van der Waals surface area (Å²) in [5.74, 6) is -4.26. The largest absolute Gasteiger partial charge is 0.321 e. The van der Waals surface area contributed by atoms with Crippen molar-refractivity contribution < 1.29 is 18.0 Å². The molecule has 0 spiro atoms. The number of carbonyl (C=O) groups is 1. The first-order chi connectivity index (χ1) is 9.58. The Morgan fingerprint density at radius 3 is 2.65 bits per heavy atom. The van der Waals surface area contributed by atoms with Crippen molar-refractivity contribution in [3.05, 3.63) is 54.1 Å². The van der Waals surface area contributed by atoms with Crippen molar-refractivity contribution in [2.24, 2.45) is 0 Å². The quantitative estimate of drug-likeness (QED) is 0.690. The number of carbonyl (C=O) groups excluding carboxylic acids is 1. The second-order valence-corrected chi connectivity index (χ2v) is 4.70. The van der Waals surface area contributed by atoms with E-state index in [2.05, 4.69) is 10.3 Å². The van der Waals surface area contributed by atoms with Crippen molar-refractivity contribution in [1.82, 2.24) is 4.98 Å². The van der Waals surface area contributed by atoms with Crippen LogP contribution in [0.25, 0.3) is 0 Å². The van der Waals surface area contributed by atoms with Crippen LogP contribution in [0.2, 0.25) is 0 Å². The van der Waals surface area contributed by atoms with Crippen molar-refractivity contribution in [1.29, 1.82) is 0 Å². The molecule has 7 heteroatoms. The van der Waals surface area contributed by atoms with E-state index in [0.717, 1.165) is 0 Å². The van der Waals surface area contributed by atoms with Gasteiger partial charge >= 0.3 is 0 Å². The van der Waals surface area contributed by atoms with Gasteiger partial charge in [-0.15, -0.1) is 0 Å². The van der Waals surface area contributed by atoms with Gasteiger partial charge in [-0.25, -0.2) is 4.98 Å². The van der Waals surface area contributed by atoms with Crippen molar-refractivity contribution in [2.45, 2.75) is 10.7 Å². The van der Waals surface area contributed by atoms with E-state index in [0.29, 0.717) is 11.8 Å². The average Bonchev–Trinajstić information content (AvgIpc) is 2.41. The number of nitrogens with one attached hydrogen (secondary N) is 1. The third kappa shape index (κ3) is 3.51. The topological polar surface area (TPSA) is 42.0 Å². The van der Waals surface area contributed by atoms with E-state index in [4.69, 9.17) is 0 Å². The van der Waals surface area contributed by atoms with Crippen LogP contribution in [0.4, 0.5) is 18.9 Å². The zero-order chi connectivity index (χ0) is 14.5. The van der Waals surface area contributed by atoms with Crippen molar-refractivity contribution in [3.63, 3.8) is 0 Å². The molecule has 0 aliphatic heterocycles. The number of amides is 1. The highest BCUT2D eigenvalue weighted by molar-refractivity contribution is 7.99. The van der Waals surface area contributed by atoms with Crippen LogP contribution in [0.1, 0.15) is 10.4 Å². The van der Waals surface area contributed by atoms with Gasteiger partial charge < -0.3 is 5.32 Å². The van der Waals surface area contributed by atoms with Crippen molar-refractivity contribution in [3.8, 4) is 0 Å². The monoisotopic (exact) mass is 298 g/mol. The Morgan fingerprint density at radius 1 is 1.20 bits per heavy atom. The van der Waals surface area contributed by atoms with Gasteiger partial charge in [0.05, 0.1) is 11.3 Å². The number of rotatable bonds is 4. The number of hydrogen-bond acceptors (Lipinski definition) is 3. The highest BCUT2D eigenvalue weighted by Gasteiger charge is 2.15. The summed E-state index contributed by atoms with van der Waals surface area (Å²) >= 11 is 0.309. The first kappa shape index (κ1) is 14.4. The van der Waals surface area contributed by atoms with E-state index >= 15 is 0 Å². The Balaban J connectivity index is 2.22. The molecule has 1 amide bonds. The van der Waals surface area contributed by atoms with Crippen LogP contribution < -0.4 is 5.32 Å². The van der Waals surface area contributed by atoms with E-state index in [-0.39, 0.29) is 16.1 Å². The van der Waals surface area contributed by atoms with Gasteiger partial charge in [-0.3, -0.25) is 4.79 Å². The first-order valence-electron chi connectivity index (χ1n) is 5.53. The molecule has 0 saturated carbocycles. The van der Waals surface area contributed by atoms with Crippen molar-refractivity contribution in [2.75, 3.05) is 5.32 Å². The van der Waals surface area contributed by atoms with Crippen LogP contribution in [0.3, 0.4) is 0 Å². The maximum Gasteiger partial charge on any atom is 0.288 e. The number of halogens is 3. The summed E-state index contributed by atoms with van der Waals surface area (Å²) in [5, 5.41) is 2.40. The molecule has 20 heavy (non-hydrogen) atoms. The Morgan fingerprint density at radius 2 is 1.95 bits per heavy atom. The Bertz CT molecular complexity index is 622. The number of anilines is 1. The molecule has 0 unspecified atom stereocenters. The second-order valence-electron chi connectivity index (χ2n) is 3.67. The van der Waals surface area contributed by atoms with Gasteiger partial charge in [-0.05, 0) is 24.3 Å². The highest BCUT2D eigenvalue weighted by atomic mass is 32.2. The summed E-state index contributed by atoms with van der Waals surface area (Å²) in [5.41, 5.74) is -0.0459. The van der Waals surface area contributed by atoms with Crippen molar-refractivity contribution >= 4 is 23.4 Å². The van der Waals surface area contributed by atoms with Crippen LogP contribution in [0, 0.1) is 5.95 Å². The lowest BCUT2D eigenvalue weighted by molar-refractivity contribution is 0.102. The molecule has 0 saturated heterocycles. The normalized spacial score (nSPS) is 10.6. The SMILES string of the molecule is O=C(Nc1ccccc1SC(F)F)c1cccnc1F. The van der Waals surface area contributed by atoms with E-state index in [1.165, 1.54) is 30.5 Å². The first-order valence-corrected chi connectivity index (χ1v) is 6.41. The van der Waals surface area contributed by atoms with Gasteiger partial charge in [-0.2, -0.15) is 13.2 Å². The van der Waals surface area contributed by atoms with Gasteiger partial charge in [-0.1, -0.05) is 23.9 Å². The number of alkyl halides is 2. The third-order valence-corrected chi connectivity index (χ3v) is 3.14. The fraction of sp³-hybridized carbons (Fsp3) is 0.0769. The minimum absolute atomic E-state index is 0.200. The molecule has 0 aliphatic rings. The zero-order valence-corrected chi connectivity index (χ0v) is 10.8. The summed E-state index contributed by atoms with van der Waals surface area (Å²) < 4.78 is 38.2. The molecule has 1 aromatic carbocycles. The Kier molecular flexibility index (Phi) is 4.62. The van der Waals surface area contributed by atoms with Gasteiger partial charge in [0.2, 0.25) is 5.95 Å². The van der Waals surface area contributed by atoms with Crippen LogP contribution >= 0.6 is 11.8 Å². The fourth-order valence-electron chi connectivity index (χ4n) is 1.51. The molecule has 3 nitrogen and oxygen atoms in total. The number of nitrogens with zero attached hydrogens (tertiary/aromatic N) is 1. The minimum Gasteiger partial charge on any atom is -0.321 e. The number of para-hydroxylation sites is 1. The van der Waals surface area contributed by atoms with E-state index in [1.54, 1.807) is 12.1 Å². The lowest BCUT2D eigenvalue weighted by Crippen LogP contribution is -2.15. The molecule has 0 fully saturated rings. The molecule has 1 N–H and O–H groups in total. The van der Waals surface area contributed by atoms with E-state index in [9.17, 15) is 18.0 Å². The van der Waals surface area contributed by atoms with Crippen LogP contribution in [-0.4, -0.2) is 16.6 Å². The minimum atomic E-state index is -2.61. The van der Waals surface area contributed by atoms with Gasteiger partial charge in [0.25, 0.3) is 11.7 Å². The standard InChI is InChI=1S/C13H9F3N2OS/c14-11-8(4-3-7-17-11)12(19)18-9-5-1-2-6-10(9)20-13(15)16/h1-7,13H,(H,18,19). The highest BCUT2D eigenvalue weighted by Crippen LogP contribution is 2.31. The summed E-state index contributed by atoms with van der Waals surface area (Å²) in [6, 6.07) is 8.76. The predicted molar refractivity (Wildman–Crippen MR) is 70.5 cm³/mol. The molecule has 1 aromatic heterocycles. The maximum absolute atomic E-state index is 13.4. The zero-order valence-electron chi connectivity index (χ0n) is 10.0. The van der Waals surface area contributed by atoms with Gasteiger partial charge in [0.1, 0.15) is 0 Å². The van der Waals surface area contributed by atoms with E-state index in [1.807, 2.05) is 0 Å². The Labute approximate surface area is 117 Å². The molecule has 0 atom stereocenters. The smallest absolute Gasteiger partial charge is 0.288 e.